The van der Waals surface area contributed by atoms with E-state index in [1.807, 2.05) is 0 Å². The molecule has 1 aromatic heterocycles. The van der Waals surface area contributed by atoms with Gasteiger partial charge in [0.25, 0.3) is 0 Å². The van der Waals surface area contributed by atoms with E-state index in [0.29, 0.717) is 12.8 Å². The van der Waals surface area contributed by atoms with Crippen LogP contribution in [0.15, 0.2) is 29.4 Å². The zero-order chi connectivity index (χ0) is 14.1. The largest absolute Gasteiger partial charge is 0.480 e. The minimum absolute atomic E-state index is 0.0379. The molecule has 6 nitrogen and oxygen atoms in total. The van der Waals surface area contributed by atoms with Crippen LogP contribution in [-0.4, -0.2) is 40.9 Å². The molecule has 104 valence electrons. The monoisotopic (exact) mass is 284 g/mol. The third kappa shape index (κ3) is 2.12. The number of aliphatic carboxylic acids is 1. The predicted octanol–water partition coefficient (Wildman–Crippen LogP) is 1.10. The molecule has 1 aliphatic rings. The van der Waals surface area contributed by atoms with E-state index in [1.165, 1.54) is 24.5 Å². The summed E-state index contributed by atoms with van der Waals surface area (Å²) in [5.74, 6) is -1.08. The molecule has 0 amide bonds. The number of carbonyl (C=O) groups is 1. The average Bonchev–Trinajstić information content (AvgIpc) is 2.85. The molecule has 0 saturated carbocycles. The molecule has 2 heterocycles. The Morgan fingerprint density at radius 1 is 1.58 bits per heavy atom. The van der Waals surface area contributed by atoms with E-state index in [9.17, 15) is 18.3 Å². The smallest absolute Gasteiger partial charge is 0.325 e. The zero-order valence-corrected chi connectivity index (χ0v) is 11.4. The summed E-state index contributed by atoms with van der Waals surface area (Å²) in [6, 6.07) is 2.96. The molecule has 1 aliphatic heterocycles. The van der Waals surface area contributed by atoms with Crippen molar-refractivity contribution in [3.63, 3.8) is 0 Å². The molecule has 0 aromatic carbocycles. The van der Waals surface area contributed by atoms with Gasteiger partial charge in [-0.05, 0) is 31.4 Å². The lowest BCUT2D eigenvalue weighted by atomic mass is 9.95. The number of carboxylic acids is 1. The van der Waals surface area contributed by atoms with Gasteiger partial charge >= 0.3 is 5.97 Å². The standard InChI is InChI=1S/C12H16N2O4S/c1-2-12(11(15)16)6-4-8-14(12)19(17,18)10-5-3-7-13-9-10/h3,5,7,9H,2,4,6,8H2,1H3,(H,15,16). The summed E-state index contributed by atoms with van der Waals surface area (Å²) in [4.78, 5) is 15.3. The van der Waals surface area contributed by atoms with E-state index >= 15 is 0 Å². The maximum absolute atomic E-state index is 12.5. The van der Waals surface area contributed by atoms with Crippen LogP contribution in [-0.2, 0) is 14.8 Å². The Morgan fingerprint density at radius 3 is 2.84 bits per heavy atom. The molecular formula is C12H16N2O4S. The highest BCUT2D eigenvalue weighted by Crippen LogP contribution is 2.37. The van der Waals surface area contributed by atoms with Crippen molar-refractivity contribution < 1.29 is 18.3 Å². The van der Waals surface area contributed by atoms with Crippen LogP contribution in [0.2, 0.25) is 0 Å². The lowest BCUT2D eigenvalue weighted by molar-refractivity contribution is -0.147. The number of pyridine rings is 1. The summed E-state index contributed by atoms with van der Waals surface area (Å²) in [6.07, 6.45) is 3.88. The Morgan fingerprint density at radius 2 is 2.32 bits per heavy atom. The molecule has 1 unspecified atom stereocenters. The van der Waals surface area contributed by atoms with E-state index in [-0.39, 0.29) is 17.9 Å². The summed E-state index contributed by atoms with van der Waals surface area (Å²) in [5, 5.41) is 9.42. The maximum Gasteiger partial charge on any atom is 0.325 e. The van der Waals surface area contributed by atoms with E-state index in [1.54, 1.807) is 6.92 Å². The highest BCUT2D eigenvalue weighted by molar-refractivity contribution is 7.89. The number of nitrogens with zero attached hydrogens (tertiary/aromatic N) is 2. The fraction of sp³-hybridized carbons (Fsp3) is 0.500. The Labute approximate surface area is 112 Å². The lowest BCUT2D eigenvalue weighted by Crippen LogP contribution is -2.52. The van der Waals surface area contributed by atoms with Crippen molar-refractivity contribution in [3.05, 3.63) is 24.5 Å². The number of rotatable bonds is 4. The highest BCUT2D eigenvalue weighted by Gasteiger charge is 2.52. The molecule has 1 fully saturated rings. The second kappa shape index (κ2) is 4.90. The first kappa shape index (κ1) is 14.0. The van der Waals surface area contributed by atoms with Gasteiger partial charge in [0.05, 0.1) is 0 Å². The van der Waals surface area contributed by atoms with Crippen LogP contribution in [0.25, 0.3) is 0 Å². The molecule has 2 rings (SSSR count). The molecule has 0 spiro atoms. The van der Waals surface area contributed by atoms with E-state index < -0.39 is 21.5 Å². The third-order valence-electron chi connectivity index (χ3n) is 3.63. The van der Waals surface area contributed by atoms with Gasteiger partial charge in [0.15, 0.2) is 0 Å². The van der Waals surface area contributed by atoms with Gasteiger partial charge in [0.1, 0.15) is 10.4 Å². The van der Waals surface area contributed by atoms with E-state index in [4.69, 9.17) is 0 Å². The molecular weight excluding hydrogens is 268 g/mol. The number of aromatic nitrogens is 1. The maximum atomic E-state index is 12.5. The quantitative estimate of drug-likeness (QED) is 0.894. The van der Waals surface area contributed by atoms with Crippen molar-refractivity contribution in [2.24, 2.45) is 0 Å². The van der Waals surface area contributed by atoms with Crippen LogP contribution in [0, 0.1) is 0 Å². The highest BCUT2D eigenvalue weighted by atomic mass is 32.2. The fourth-order valence-electron chi connectivity index (χ4n) is 2.55. The van der Waals surface area contributed by atoms with Gasteiger partial charge < -0.3 is 5.11 Å². The minimum atomic E-state index is -3.81. The van der Waals surface area contributed by atoms with Gasteiger partial charge in [-0.2, -0.15) is 4.31 Å². The number of hydrogen-bond acceptors (Lipinski definition) is 4. The van der Waals surface area contributed by atoms with Gasteiger partial charge in [-0.1, -0.05) is 6.92 Å². The van der Waals surface area contributed by atoms with Crippen molar-refractivity contribution in [3.8, 4) is 0 Å². The Bertz CT molecular complexity index is 573. The molecule has 0 aliphatic carbocycles. The van der Waals surface area contributed by atoms with Gasteiger partial charge in [-0.3, -0.25) is 9.78 Å². The van der Waals surface area contributed by atoms with Crippen LogP contribution in [0.1, 0.15) is 26.2 Å². The second-order valence-corrected chi connectivity index (χ2v) is 6.42. The molecule has 1 aromatic rings. The zero-order valence-electron chi connectivity index (χ0n) is 10.6. The summed E-state index contributed by atoms with van der Waals surface area (Å²) < 4.78 is 26.2. The Hall–Kier alpha value is -1.47. The molecule has 1 atom stereocenters. The second-order valence-electron chi connectivity index (χ2n) is 4.56. The molecule has 0 radical (unpaired) electrons. The topological polar surface area (TPSA) is 87.6 Å². The van der Waals surface area contributed by atoms with E-state index in [0.717, 1.165) is 4.31 Å². The fourth-order valence-corrected chi connectivity index (χ4v) is 4.38. The first-order chi connectivity index (χ1) is 8.95. The molecule has 7 heteroatoms. The van der Waals surface area contributed by atoms with Crippen LogP contribution in [0.4, 0.5) is 0 Å². The summed E-state index contributed by atoms with van der Waals surface area (Å²) in [7, 11) is -3.81. The van der Waals surface area contributed by atoms with Gasteiger partial charge in [0.2, 0.25) is 10.0 Å². The van der Waals surface area contributed by atoms with Crippen molar-refractivity contribution in [1.82, 2.24) is 9.29 Å². The Kier molecular flexibility index (Phi) is 3.60. The van der Waals surface area contributed by atoms with Crippen LogP contribution >= 0.6 is 0 Å². The summed E-state index contributed by atoms with van der Waals surface area (Å²) in [6.45, 7) is 1.93. The van der Waals surface area contributed by atoms with Gasteiger partial charge in [0, 0.05) is 18.9 Å². The number of sulfonamides is 1. The number of carboxylic acid groups (broad SMARTS) is 1. The van der Waals surface area contributed by atoms with Crippen LogP contribution in [0.3, 0.4) is 0 Å². The van der Waals surface area contributed by atoms with Crippen LogP contribution < -0.4 is 0 Å². The number of hydrogen-bond donors (Lipinski definition) is 1. The van der Waals surface area contributed by atoms with Crippen LogP contribution in [0.5, 0.6) is 0 Å². The normalized spacial score (nSPS) is 24.5. The SMILES string of the molecule is CCC1(C(=O)O)CCCN1S(=O)(=O)c1cccnc1. The summed E-state index contributed by atoms with van der Waals surface area (Å²) >= 11 is 0. The first-order valence-electron chi connectivity index (χ1n) is 6.11. The molecule has 0 bridgehead atoms. The van der Waals surface area contributed by atoms with Gasteiger partial charge in [-0.25, -0.2) is 8.42 Å². The minimum Gasteiger partial charge on any atom is -0.480 e. The van der Waals surface area contributed by atoms with Crippen molar-refractivity contribution >= 4 is 16.0 Å². The molecule has 1 saturated heterocycles. The van der Waals surface area contributed by atoms with Gasteiger partial charge in [-0.15, -0.1) is 0 Å². The van der Waals surface area contributed by atoms with E-state index in [2.05, 4.69) is 4.98 Å². The predicted molar refractivity (Wildman–Crippen MR) is 68.0 cm³/mol. The molecule has 1 N–H and O–H groups in total. The van der Waals surface area contributed by atoms with Crippen molar-refractivity contribution in [2.75, 3.05) is 6.54 Å². The third-order valence-corrected chi connectivity index (χ3v) is 5.58. The lowest BCUT2D eigenvalue weighted by Gasteiger charge is -2.32. The Balaban J connectivity index is 2.49. The molecule has 19 heavy (non-hydrogen) atoms. The summed E-state index contributed by atoms with van der Waals surface area (Å²) in [5.41, 5.74) is -1.32. The first-order valence-corrected chi connectivity index (χ1v) is 7.55. The average molecular weight is 284 g/mol. The van der Waals surface area contributed by atoms with Crippen molar-refractivity contribution in [1.29, 1.82) is 0 Å². The van der Waals surface area contributed by atoms with Crippen molar-refractivity contribution in [2.45, 2.75) is 36.6 Å².